The average molecular weight is 233 g/mol. The molecule has 0 fully saturated rings. The Balaban J connectivity index is 2.86. The van der Waals surface area contributed by atoms with Crippen LogP contribution < -0.4 is 10.1 Å². The summed E-state index contributed by atoms with van der Waals surface area (Å²) in [6.45, 7) is 9.04. The molecule has 0 amide bonds. The molecule has 94 valence electrons. The smallest absolute Gasteiger partial charge is 0.124 e. The third-order valence-corrected chi connectivity index (χ3v) is 2.80. The van der Waals surface area contributed by atoms with E-state index in [9.17, 15) is 0 Å². The first-order valence-corrected chi connectivity index (χ1v) is 6.08. The molecule has 2 heteroatoms. The van der Waals surface area contributed by atoms with E-state index in [4.69, 9.17) is 4.74 Å². The molecule has 0 radical (unpaired) electrons. The molecule has 0 aliphatic rings. The van der Waals surface area contributed by atoms with Crippen LogP contribution in [0.3, 0.4) is 0 Å². The monoisotopic (exact) mass is 233 g/mol. The van der Waals surface area contributed by atoms with E-state index in [1.807, 2.05) is 7.05 Å². The van der Waals surface area contributed by atoms with Gasteiger partial charge in [0.25, 0.3) is 0 Å². The molecule has 0 aliphatic heterocycles. The van der Waals surface area contributed by atoms with E-state index in [2.05, 4.69) is 57.3 Å². The largest absolute Gasteiger partial charge is 0.489 e. The maximum absolute atomic E-state index is 5.81. The second-order valence-corrected chi connectivity index (χ2v) is 4.64. The van der Waals surface area contributed by atoms with E-state index in [1.165, 1.54) is 16.7 Å². The van der Waals surface area contributed by atoms with Crippen molar-refractivity contribution < 1.29 is 4.74 Å². The van der Waals surface area contributed by atoms with E-state index in [-0.39, 0.29) is 0 Å². The zero-order valence-electron chi connectivity index (χ0n) is 11.5. The van der Waals surface area contributed by atoms with Crippen LogP contribution in [0.5, 0.6) is 5.75 Å². The van der Waals surface area contributed by atoms with Gasteiger partial charge in [0.15, 0.2) is 0 Å². The fourth-order valence-corrected chi connectivity index (χ4v) is 1.59. The van der Waals surface area contributed by atoms with Crippen molar-refractivity contribution >= 4 is 0 Å². The van der Waals surface area contributed by atoms with Crippen molar-refractivity contribution in [3.8, 4) is 5.75 Å². The van der Waals surface area contributed by atoms with Gasteiger partial charge in [0.2, 0.25) is 0 Å². The Hall–Kier alpha value is -1.28. The first kappa shape index (κ1) is 13.8. The maximum atomic E-state index is 5.81. The molecule has 0 aliphatic carbocycles. The molecule has 0 saturated carbocycles. The molecule has 0 aromatic heterocycles. The number of allylic oxidation sites excluding steroid dienone is 1. The molecule has 1 N–H and O–H groups in total. The predicted octanol–water partition coefficient (Wildman–Crippen LogP) is 3.62. The zero-order chi connectivity index (χ0) is 12.8. The Morgan fingerprint density at radius 1 is 1.41 bits per heavy atom. The van der Waals surface area contributed by atoms with Gasteiger partial charge >= 0.3 is 0 Å². The summed E-state index contributed by atoms with van der Waals surface area (Å²) in [5, 5.41) is 3.25. The molecular formula is C15H23NO. The normalized spacial score (nSPS) is 12.1. The molecule has 1 aromatic carbocycles. The van der Waals surface area contributed by atoms with Gasteiger partial charge < -0.3 is 10.1 Å². The number of hydrogen-bond acceptors (Lipinski definition) is 2. The Morgan fingerprint density at radius 3 is 2.71 bits per heavy atom. The lowest BCUT2D eigenvalue weighted by Gasteiger charge is -2.16. The summed E-state index contributed by atoms with van der Waals surface area (Å²) in [6, 6.07) is 6.62. The van der Waals surface area contributed by atoms with Crippen LogP contribution in [0.4, 0.5) is 0 Å². The van der Waals surface area contributed by atoms with Crippen LogP contribution in [-0.4, -0.2) is 13.7 Å². The summed E-state index contributed by atoms with van der Waals surface area (Å²) >= 11 is 0. The second kappa shape index (κ2) is 6.45. The first-order chi connectivity index (χ1) is 8.04. The SMILES string of the molecule is CNC(C)c1cc(C)ccc1OCC=C(C)C. The highest BCUT2D eigenvalue weighted by Gasteiger charge is 2.09. The minimum Gasteiger partial charge on any atom is -0.489 e. The van der Waals surface area contributed by atoms with Crippen molar-refractivity contribution in [1.29, 1.82) is 0 Å². The molecule has 1 rings (SSSR count). The van der Waals surface area contributed by atoms with Gasteiger partial charge in [0.05, 0.1) is 0 Å². The number of benzene rings is 1. The summed E-state index contributed by atoms with van der Waals surface area (Å²) in [4.78, 5) is 0. The fraction of sp³-hybridized carbons (Fsp3) is 0.467. The predicted molar refractivity (Wildman–Crippen MR) is 73.6 cm³/mol. The van der Waals surface area contributed by atoms with Crippen LogP contribution >= 0.6 is 0 Å². The highest BCUT2D eigenvalue weighted by Crippen LogP contribution is 2.26. The van der Waals surface area contributed by atoms with Crippen molar-refractivity contribution in [2.45, 2.75) is 33.7 Å². The van der Waals surface area contributed by atoms with Crippen molar-refractivity contribution in [3.63, 3.8) is 0 Å². The molecule has 1 atom stereocenters. The van der Waals surface area contributed by atoms with Crippen LogP contribution in [0.15, 0.2) is 29.8 Å². The molecule has 2 nitrogen and oxygen atoms in total. The molecule has 0 spiro atoms. The average Bonchev–Trinajstić information content (AvgIpc) is 2.29. The third kappa shape index (κ3) is 4.23. The first-order valence-electron chi connectivity index (χ1n) is 6.08. The molecule has 0 bridgehead atoms. The number of rotatable bonds is 5. The van der Waals surface area contributed by atoms with Gasteiger partial charge in [-0.25, -0.2) is 0 Å². The molecular weight excluding hydrogens is 210 g/mol. The van der Waals surface area contributed by atoms with Gasteiger partial charge in [0, 0.05) is 11.6 Å². The summed E-state index contributed by atoms with van der Waals surface area (Å²) < 4.78 is 5.81. The van der Waals surface area contributed by atoms with Crippen molar-refractivity contribution in [2.75, 3.05) is 13.7 Å². The summed E-state index contributed by atoms with van der Waals surface area (Å²) in [5.74, 6) is 0.968. The lowest BCUT2D eigenvalue weighted by Crippen LogP contribution is -2.14. The quantitative estimate of drug-likeness (QED) is 0.784. The Morgan fingerprint density at radius 2 is 2.12 bits per heavy atom. The highest BCUT2D eigenvalue weighted by atomic mass is 16.5. The topological polar surface area (TPSA) is 21.3 Å². The Bertz CT molecular complexity index is 392. The van der Waals surface area contributed by atoms with Gasteiger partial charge in [-0.3, -0.25) is 0 Å². The van der Waals surface area contributed by atoms with Gasteiger partial charge in [-0.05, 0) is 46.9 Å². The van der Waals surface area contributed by atoms with E-state index in [0.717, 1.165) is 5.75 Å². The highest BCUT2D eigenvalue weighted by molar-refractivity contribution is 5.39. The maximum Gasteiger partial charge on any atom is 0.124 e. The minimum absolute atomic E-state index is 0.302. The van der Waals surface area contributed by atoms with Gasteiger partial charge in [0.1, 0.15) is 12.4 Å². The third-order valence-electron chi connectivity index (χ3n) is 2.80. The van der Waals surface area contributed by atoms with Crippen LogP contribution in [0, 0.1) is 6.92 Å². The lowest BCUT2D eigenvalue weighted by molar-refractivity contribution is 0.354. The van der Waals surface area contributed by atoms with Crippen LogP contribution in [0.1, 0.15) is 37.9 Å². The van der Waals surface area contributed by atoms with Crippen LogP contribution in [0.2, 0.25) is 0 Å². The lowest BCUT2D eigenvalue weighted by atomic mass is 10.0. The molecule has 1 unspecified atom stereocenters. The van der Waals surface area contributed by atoms with E-state index in [0.29, 0.717) is 12.6 Å². The molecule has 1 aromatic rings. The van der Waals surface area contributed by atoms with Crippen LogP contribution in [-0.2, 0) is 0 Å². The number of hydrogen-bond donors (Lipinski definition) is 1. The number of ether oxygens (including phenoxy) is 1. The molecule has 17 heavy (non-hydrogen) atoms. The second-order valence-electron chi connectivity index (χ2n) is 4.64. The molecule has 0 saturated heterocycles. The van der Waals surface area contributed by atoms with E-state index >= 15 is 0 Å². The minimum atomic E-state index is 0.302. The zero-order valence-corrected chi connectivity index (χ0v) is 11.5. The summed E-state index contributed by atoms with van der Waals surface area (Å²) in [5.41, 5.74) is 3.76. The van der Waals surface area contributed by atoms with Gasteiger partial charge in [-0.2, -0.15) is 0 Å². The number of nitrogens with one attached hydrogen (secondary N) is 1. The summed E-state index contributed by atoms with van der Waals surface area (Å²) in [6.07, 6.45) is 2.09. The van der Waals surface area contributed by atoms with E-state index < -0.39 is 0 Å². The number of aryl methyl sites for hydroxylation is 1. The Labute approximate surface area is 105 Å². The van der Waals surface area contributed by atoms with Crippen molar-refractivity contribution in [1.82, 2.24) is 5.32 Å². The van der Waals surface area contributed by atoms with Gasteiger partial charge in [-0.1, -0.05) is 23.3 Å². The van der Waals surface area contributed by atoms with Crippen LogP contribution in [0.25, 0.3) is 0 Å². The Kier molecular flexibility index (Phi) is 5.23. The summed E-state index contributed by atoms with van der Waals surface area (Å²) in [7, 11) is 1.97. The van der Waals surface area contributed by atoms with Crippen molar-refractivity contribution in [3.05, 3.63) is 41.0 Å². The fourth-order valence-electron chi connectivity index (χ4n) is 1.59. The van der Waals surface area contributed by atoms with Crippen molar-refractivity contribution in [2.24, 2.45) is 0 Å². The van der Waals surface area contributed by atoms with E-state index in [1.54, 1.807) is 0 Å². The van der Waals surface area contributed by atoms with Gasteiger partial charge in [-0.15, -0.1) is 0 Å². The molecule has 0 heterocycles. The standard InChI is InChI=1S/C15H23NO/c1-11(2)8-9-17-15-7-6-12(3)10-14(15)13(4)16-5/h6-8,10,13,16H,9H2,1-5H3.